The number of ether oxygens (including phenoxy) is 2. The van der Waals surface area contributed by atoms with Gasteiger partial charge in [-0.15, -0.1) is 0 Å². The fourth-order valence-electron chi connectivity index (χ4n) is 3.72. The predicted octanol–water partition coefficient (Wildman–Crippen LogP) is 3.87. The van der Waals surface area contributed by atoms with E-state index in [4.69, 9.17) is 21.1 Å². The number of nitrogens with zero attached hydrogens (tertiary/aromatic N) is 2. The Bertz CT molecular complexity index is 859. The van der Waals surface area contributed by atoms with Gasteiger partial charge in [0.15, 0.2) is 5.96 Å². The molecule has 0 atom stereocenters. The quantitative estimate of drug-likeness (QED) is 0.497. The molecule has 3 rings (SSSR count). The second kappa shape index (κ2) is 11.1. The van der Waals surface area contributed by atoms with Gasteiger partial charge in [-0.3, -0.25) is 4.99 Å². The van der Waals surface area contributed by atoms with Gasteiger partial charge in [0.05, 0.1) is 14.2 Å². The lowest BCUT2D eigenvalue weighted by molar-refractivity contribution is 0.393. The molecular weight excluding hydrogens is 419 g/mol. The summed E-state index contributed by atoms with van der Waals surface area (Å²) >= 11 is 6.10. The molecule has 0 aromatic heterocycles. The van der Waals surface area contributed by atoms with Crippen LogP contribution in [0.1, 0.15) is 18.4 Å². The molecule has 0 unspecified atom stereocenters. The number of anilines is 1. The molecule has 8 heteroatoms. The van der Waals surface area contributed by atoms with Crippen LogP contribution >= 0.6 is 11.6 Å². The third-order valence-corrected chi connectivity index (χ3v) is 5.84. The smallest absolute Gasteiger partial charge is 0.191 e. The standard InChI is InChI=1S/C23H30ClFN4O2/c1-26-23(27-10-7-20-21(24)5-4-6-22(20)25)28-16-8-11-29(12-9-16)17-13-18(30-2)15-19(14-17)31-3/h4-6,13-16H,7-12H2,1-3H3,(H2,26,27,28). The van der Waals surface area contributed by atoms with Crippen LogP contribution in [0.3, 0.4) is 0 Å². The summed E-state index contributed by atoms with van der Waals surface area (Å²) in [6.07, 6.45) is 2.43. The van der Waals surface area contributed by atoms with E-state index in [9.17, 15) is 4.39 Å². The predicted molar refractivity (Wildman–Crippen MR) is 124 cm³/mol. The third kappa shape index (κ3) is 6.17. The summed E-state index contributed by atoms with van der Waals surface area (Å²) in [5.41, 5.74) is 1.62. The zero-order chi connectivity index (χ0) is 22.2. The van der Waals surface area contributed by atoms with Crippen LogP contribution < -0.4 is 25.0 Å². The van der Waals surface area contributed by atoms with E-state index in [1.165, 1.54) is 6.07 Å². The highest BCUT2D eigenvalue weighted by Gasteiger charge is 2.21. The van der Waals surface area contributed by atoms with E-state index in [0.29, 0.717) is 35.6 Å². The van der Waals surface area contributed by atoms with Gasteiger partial charge in [0.1, 0.15) is 17.3 Å². The van der Waals surface area contributed by atoms with Crippen molar-refractivity contribution < 1.29 is 13.9 Å². The fourth-order valence-corrected chi connectivity index (χ4v) is 3.98. The second-order valence-electron chi connectivity index (χ2n) is 7.43. The Morgan fingerprint density at radius 3 is 2.42 bits per heavy atom. The minimum Gasteiger partial charge on any atom is -0.497 e. The van der Waals surface area contributed by atoms with Gasteiger partial charge in [-0.1, -0.05) is 17.7 Å². The molecule has 1 fully saturated rings. The van der Waals surface area contributed by atoms with Crippen LogP contribution in [0, 0.1) is 5.82 Å². The highest BCUT2D eigenvalue weighted by molar-refractivity contribution is 6.31. The van der Waals surface area contributed by atoms with Gasteiger partial charge in [-0.25, -0.2) is 4.39 Å². The molecule has 2 aromatic rings. The molecule has 1 aliphatic rings. The minimum absolute atomic E-state index is 0.279. The van der Waals surface area contributed by atoms with Crippen LogP contribution in [0.25, 0.3) is 0 Å². The zero-order valence-corrected chi connectivity index (χ0v) is 19.0. The van der Waals surface area contributed by atoms with Gasteiger partial charge in [0.2, 0.25) is 0 Å². The SMILES string of the molecule is CN=C(NCCc1c(F)cccc1Cl)NC1CCN(c2cc(OC)cc(OC)c2)CC1. The summed E-state index contributed by atoms with van der Waals surface area (Å²) in [5, 5.41) is 7.18. The molecule has 2 N–H and O–H groups in total. The maximum atomic E-state index is 13.9. The second-order valence-corrected chi connectivity index (χ2v) is 7.83. The maximum absolute atomic E-state index is 13.9. The van der Waals surface area contributed by atoms with Crippen molar-refractivity contribution in [2.45, 2.75) is 25.3 Å². The molecule has 0 amide bonds. The van der Waals surface area contributed by atoms with Crippen molar-refractivity contribution in [2.24, 2.45) is 4.99 Å². The Morgan fingerprint density at radius 1 is 1.16 bits per heavy atom. The molecule has 0 saturated carbocycles. The van der Waals surface area contributed by atoms with Crippen LogP contribution in [0.4, 0.5) is 10.1 Å². The first kappa shape index (κ1) is 23.0. The molecule has 2 aromatic carbocycles. The third-order valence-electron chi connectivity index (χ3n) is 5.49. The molecule has 0 bridgehead atoms. The number of hydrogen-bond acceptors (Lipinski definition) is 4. The van der Waals surface area contributed by atoms with Crippen molar-refractivity contribution in [3.05, 3.63) is 52.8 Å². The number of rotatable bonds is 7. The number of halogens is 2. The van der Waals surface area contributed by atoms with E-state index in [0.717, 1.165) is 43.1 Å². The highest BCUT2D eigenvalue weighted by Crippen LogP contribution is 2.30. The van der Waals surface area contributed by atoms with Gasteiger partial charge in [-0.05, 0) is 31.4 Å². The number of nitrogens with one attached hydrogen (secondary N) is 2. The summed E-state index contributed by atoms with van der Waals surface area (Å²) in [5.74, 6) is 2.01. The van der Waals surface area contributed by atoms with E-state index < -0.39 is 0 Å². The average molecular weight is 449 g/mol. The first-order valence-corrected chi connectivity index (χ1v) is 10.8. The van der Waals surface area contributed by atoms with E-state index in [1.54, 1.807) is 33.4 Å². The van der Waals surface area contributed by atoms with Crippen LogP contribution in [-0.2, 0) is 6.42 Å². The molecule has 0 radical (unpaired) electrons. The largest absolute Gasteiger partial charge is 0.497 e. The first-order chi connectivity index (χ1) is 15.0. The number of hydrogen-bond donors (Lipinski definition) is 2. The lowest BCUT2D eigenvalue weighted by atomic mass is 10.0. The molecule has 1 saturated heterocycles. The average Bonchev–Trinajstić information content (AvgIpc) is 2.80. The Labute approximate surface area is 188 Å². The highest BCUT2D eigenvalue weighted by atomic mass is 35.5. The van der Waals surface area contributed by atoms with Gasteiger partial charge >= 0.3 is 0 Å². The number of methoxy groups -OCH3 is 2. The van der Waals surface area contributed by atoms with Crippen molar-refractivity contribution in [1.82, 2.24) is 10.6 Å². The van der Waals surface area contributed by atoms with Crippen molar-refractivity contribution in [2.75, 3.05) is 45.8 Å². The lowest BCUT2D eigenvalue weighted by Gasteiger charge is -2.34. The van der Waals surface area contributed by atoms with Crippen LogP contribution in [0.5, 0.6) is 11.5 Å². The van der Waals surface area contributed by atoms with Gasteiger partial charge < -0.3 is 25.0 Å². The Kier molecular flexibility index (Phi) is 8.23. The van der Waals surface area contributed by atoms with Gasteiger partial charge in [0.25, 0.3) is 0 Å². The topological polar surface area (TPSA) is 58.1 Å². The molecular formula is C23H30ClFN4O2. The molecule has 1 aliphatic heterocycles. The number of guanidine groups is 1. The van der Waals surface area contributed by atoms with E-state index in [1.807, 2.05) is 18.2 Å². The van der Waals surface area contributed by atoms with E-state index in [2.05, 4.69) is 20.5 Å². The summed E-state index contributed by atoms with van der Waals surface area (Å²) < 4.78 is 24.7. The fraction of sp³-hybridized carbons (Fsp3) is 0.435. The maximum Gasteiger partial charge on any atom is 0.191 e. The van der Waals surface area contributed by atoms with Crippen LogP contribution in [0.2, 0.25) is 5.02 Å². The number of aliphatic imine (C=N–C) groups is 1. The zero-order valence-electron chi connectivity index (χ0n) is 18.3. The first-order valence-electron chi connectivity index (χ1n) is 10.4. The summed E-state index contributed by atoms with van der Waals surface area (Å²) in [6.45, 7) is 2.37. The summed E-state index contributed by atoms with van der Waals surface area (Å²) in [7, 11) is 5.06. The molecule has 31 heavy (non-hydrogen) atoms. The lowest BCUT2D eigenvalue weighted by Crippen LogP contribution is -2.49. The number of benzene rings is 2. The van der Waals surface area contributed by atoms with E-state index >= 15 is 0 Å². The number of piperidine rings is 1. The van der Waals surface area contributed by atoms with Gasteiger partial charge in [-0.2, -0.15) is 0 Å². The van der Waals surface area contributed by atoms with Crippen LogP contribution in [-0.4, -0.2) is 52.9 Å². The van der Waals surface area contributed by atoms with Crippen LogP contribution in [0.15, 0.2) is 41.4 Å². The van der Waals surface area contributed by atoms with Crippen molar-refractivity contribution >= 4 is 23.2 Å². The molecule has 0 spiro atoms. The Hall–Kier alpha value is -2.67. The molecule has 1 heterocycles. The monoisotopic (exact) mass is 448 g/mol. The van der Waals surface area contributed by atoms with E-state index in [-0.39, 0.29) is 5.82 Å². The molecule has 6 nitrogen and oxygen atoms in total. The van der Waals surface area contributed by atoms with Crippen molar-refractivity contribution in [3.8, 4) is 11.5 Å². The normalized spacial score (nSPS) is 15.0. The summed E-state index contributed by atoms with van der Waals surface area (Å²) in [6, 6.07) is 11.0. The summed E-state index contributed by atoms with van der Waals surface area (Å²) in [4.78, 5) is 6.63. The van der Waals surface area contributed by atoms with Crippen molar-refractivity contribution in [3.63, 3.8) is 0 Å². The minimum atomic E-state index is -0.279. The Morgan fingerprint density at radius 2 is 1.84 bits per heavy atom. The van der Waals surface area contributed by atoms with Crippen molar-refractivity contribution in [1.29, 1.82) is 0 Å². The molecule has 168 valence electrons. The molecule has 0 aliphatic carbocycles. The van der Waals surface area contributed by atoms with Gasteiger partial charge in [0, 0.05) is 67.2 Å². The Balaban J connectivity index is 1.49.